The maximum absolute atomic E-state index is 13.4. The molecule has 2 bridgehead atoms. The number of nitrogens with zero attached hydrogens (tertiary/aromatic N) is 1. The summed E-state index contributed by atoms with van der Waals surface area (Å²) in [4.78, 5) is 28.1. The number of aliphatic hydroxyl groups excluding tert-OH is 3. The van der Waals surface area contributed by atoms with Crippen LogP contribution < -0.4 is 14.8 Å². The zero-order chi connectivity index (χ0) is 27.4. The van der Waals surface area contributed by atoms with E-state index in [9.17, 15) is 24.9 Å². The van der Waals surface area contributed by atoms with Crippen molar-refractivity contribution in [2.75, 3.05) is 26.8 Å². The Bertz CT molecular complexity index is 1130. The Morgan fingerprint density at radius 2 is 2.00 bits per heavy atom. The van der Waals surface area contributed by atoms with Gasteiger partial charge in [0.05, 0.1) is 32.3 Å². The first kappa shape index (κ1) is 27.0. The molecule has 0 saturated heterocycles. The molecule has 9 heteroatoms. The average molecular weight is 529 g/mol. The summed E-state index contributed by atoms with van der Waals surface area (Å²) < 4.78 is 11.8. The minimum atomic E-state index is -1.08. The van der Waals surface area contributed by atoms with Crippen LogP contribution in [0.3, 0.4) is 0 Å². The molecule has 9 nitrogen and oxygen atoms in total. The highest BCUT2D eigenvalue weighted by atomic mass is 16.5. The Kier molecular flexibility index (Phi) is 7.22. The Hall–Kier alpha value is -2.62. The van der Waals surface area contributed by atoms with Gasteiger partial charge in [-0.3, -0.25) is 9.59 Å². The molecule has 1 heterocycles. The number of amides is 2. The van der Waals surface area contributed by atoms with Crippen LogP contribution in [0.2, 0.25) is 0 Å². The third-order valence-electron chi connectivity index (χ3n) is 9.69. The van der Waals surface area contributed by atoms with Gasteiger partial charge in [-0.05, 0) is 66.2 Å². The number of rotatable bonds is 8. The number of hydrogen-bond donors (Lipinski definition) is 4. The van der Waals surface area contributed by atoms with Crippen molar-refractivity contribution in [2.24, 2.45) is 23.2 Å². The van der Waals surface area contributed by atoms with Gasteiger partial charge in [0, 0.05) is 31.1 Å². The molecule has 6 rings (SSSR count). The molecule has 7 atom stereocenters. The van der Waals surface area contributed by atoms with Crippen LogP contribution in [0.15, 0.2) is 23.8 Å². The van der Waals surface area contributed by atoms with Crippen molar-refractivity contribution >= 4 is 11.8 Å². The first-order valence-corrected chi connectivity index (χ1v) is 13.7. The summed E-state index contributed by atoms with van der Waals surface area (Å²) in [6.45, 7) is 6.30. The van der Waals surface area contributed by atoms with E-state index in [0.717, 1.165) is 18.8 Å². The molecule has 7 unspecified atom stereocenters. The summed E-state index contributed by atoms with van der Waals surface area (Å²) in [6, 6.07) is 2.69. The van der Waals surface area contributed by atoms with E-state index >= 15 is 0 Å². The maximum Gasteiger partial charge on any atom is 0.247 e. The number of methoxy groups -OCH3 is 1. The summed E-state index contributed by atoms with van der Waals surface area (Å²) in [5.41, 5.74) is 1.86. The Morgan fingerprint density at radius 3 is 2.61 bits per heavy atom. The highest BCUT2D eigenvalue weighted by Gasteiger charge is 2.56. The highest BCUT2D eigenvalue weighted by molar-refractivity contribution is 5.96. The van der Waals surface area contributed by atoms with Crippen LogP contribution in [0, 0.1) is 23.2 Å². The fourth-order valence-corrected chi connectivity index (χ4v) is 7.51. The average Bonchev–Trinajstić information content (AvgIpc) is 3.30. The second-order valence-corrected chi connectivity index (χ2v) is 11.9. The predicted octanol–water partition coefficient (Wildman–Crippen LogP) is 1.73. The fourth-order valence-electron chi connectivity index (χ4n) is 7.51. The van der Waals surface area contributed by atoms with Crippen LogP contribution in [-0.2, 0) is 16.2 Å². The second-order valence-electron chi connectivity index (χ2n) is 11.9. The molecule has 3 saturated carbocycles. The van der Waals surface area contributed by atoms with Gasteiger partial charge in [0.15, 0.2) is 11.5 Å². The molecule has 5 aliphatic rings. The van der Waals surface area contributed by atoms with Crippen molar-refractivity contribution < 1.29 is 34.4 Å². The van der Waals surface area contributed by atoms with Crippen molar-refractivity contribution in [1.29, 1.82) is 0 Å². The smallest absolute Gasteiger partial charge is 0.247 e. The summed E-state index contributed by atoms with van der Waals surface area (Å²) in [5, 5.41) is 33.5. The van der Waals surface area contributed by atoms with Gasteiger partial charge < -0.3 is 35.0 Å². The number of benzene rings is 1. The van der Waals surface area contributed by atoms with Crippen LogP contribution >= 0.6 is 0 Å². The number of carbonyl (C=O) groups excluding carboxylic acids is 2. The van der Waals surface area contributed by atoms with E-state index in [1.54, 1.807) is 23.1 Å². The SMILES string of the molecule is COc1cc(CO)cc2c1OC1C2C(C(=O)NCCO)=CC(N(CC2CCC3CC2C3(C)C)C(C)=O)C1O. The van der Waals surface area contributed by atoms with Crippen LogP contribution in [0.1, 0.15) is 57.1 Å². The molecule has 0 radical (unpaired) electrons. The van der Waals surface area contributed by atoms with Crippen LogP contribution in [0.4, 0.5) is 0 Å². The molecular weight excluding hydrogens is 488 g/mol. The first-order chi connectivity index (χ1) is 18.1. The molecule has 2 amide bonds. The normalized spacial score (nSPS) is 32.2. The molecular formula is C29H40N2O7. The lowest BCUT2D eigenvalue weighted by molar-refractivity contribution is -0.144. The number of aliphatic hydroxyl groups is 3. The van der Waals surface area contributed by atoms with Crippen molar-refractivity contribution in [3.63, 3.8) is 0 Å². The molecule has 38 heavy (non-hydrogen) atoms. The molecule has 1 aromatic rings. The zero-order valence-electron chi connectivity index (χ0n) is 22.6. The lowest BCUT2D eigenvalue weighted by Gasteiger charge is -2.61. The molecule has 4 N–H and O–H groups in total. The first-order valence-electron chi connectivity index (χ1n) is 13.7. The minimum Gasteiger partial charge on any atom is -0.493 e. The van der Waals surface area contributed by atoms with Crippen LogP contribution in [0.5, 0.6) is 11.5 Å². The Balaban J connectivity index is 1.52. The largest absolute Gasteiger partial charge is 0.493 e. The van der Waals surface area contributed by atoms with Gasteiger partial charge in [-0.25, -0.2) is 0 Å². The van der Waals surface area contributed by atoms with Gasteiger partial charge in [-0.15, -0.1) is 0 Å². The molecule has 1 aliphatic heterocycles. The standard InChI is InChI=1S/C29H40N2O7/c1-15(34)31(13-17-5-6-18-11-21(17)29(18,2)3)22-12-20(28(36)30-7-8-32)24-19-9-16(14-33)10-23(37-4)26(19)38-27(24)25(22)35/h9-10,12,17-18,21-22,24-25,27,32-33,35H,5-8,11,13-14H2,1-4H3,(H,30,36). The molecule has 4 aliphatic carbocycles. The van der Waals surface area contributed by atoms with Gasteiger partial charge in [0.25, 0.3) is 0 Å². The van der Waals surface area contributed by atoms with Crippen LogP contribution in [-0.4, -0.2) is 77.1 Å². The second kappa shape index (κ2) is 10.2. The maximum atomic E-state index is 13.4. The van der Waals surface area contributed by atoms with Crippen molar-refractivity contribution in [3.8, 4) is 11.5 Å². The monoisotopic (exact) mass is 528 g/mol. The van der Waals surface area contributed by atoms with Gasteiger partial charge in [0.1, 0.15) is 12.2 Å². The summed E-state index contributed by atoms with van der Waals surface area (Å²) in [5.74, 6) is 1.26. The Labute approximate surface area is 223 Å². The predicted molar refractivity (Wildman–Crippen MR) is 140 cm³/mol. The fraction of sp³-hybridized carbons (Fsp3) is 0.655. The number of hydrogen-bond acceptors (Lipinski definition) is 7. The van der Waals surface area contributed by atoms with E-state index < -0.39 is 24.2 Å². The number of fused-ring (bicyclic) bond motifs is 5. The van der Waals surface area contributed by atoms with E-state index in [0.29, 0.717) is 46.6 Å². The zero-order valence-corrected chi connectivity index (χ0v) is 22.6. The summed E-state index contributed by atoms with van der Waals surface area (Å²) >= 11 is 0. The van der Waals surface area contributed by atoms with E-state index in [-0.39, 0.29) is 37.0 Å². The van der Waals surface area contributed by atoms with Gasteiger partial charge in [-0.1, -0.05) is 13.8 Å². The van der Waals surface area contributed by atoms with E-state index in [1.807, 2.05) is 0 Å². The number of ether oxygens (including phenoxy) is 2. The van der Waals surface area contributed by atoms with E-state index in [2.05, 4.69) is 19.2 Å². The summed E-state index contributed by atoms with van der Waals surface area (Å²) in [6.07, 6.45) is 3.17. The number of nitrogens with one attached hydrogen (secondary N) is 1. The lowest BCUT2D eigenvalue weighted by Crippen LogP contribution is -2.59. The van der Waals surface area contributed by atoms with E-state index in [4.69, 9.17) is 9.47 Å². The molecule has 3 fully saturated rings. The topological polar surface area (TPSA) is 129 Å². The van der Waals surface area contributed by atoms with Gasteiger partial charge in [-0.2, -0.15) is 0 Å². The molecule has 1 aromatic carbocycles. The third-order valence-corrected chi connectivity index (χ3v) is 9.69. The molecule has 0 spiro atoms. The van der Waals surface area contributed by atoms with Crippen molar-refractivity contribution in [1.82, 2.24) is 10.2 Å². The third kappa shape index (κ3) is 4.28. The molecule has 0 aromatic heterocycles. The minimum absolute atomic E-state index is 0.0743. The summed E-state index contributed by atoms with van der Waals surface area (Å²) in [7, 11) is 1.50. The lowest BCUT2D eigenvalue weighted by atomic mass is 9.45. The number of carbonyl (C=O) groups is 2. The molecule has 208 valence electrons. The van der Waals surface area contributed by atoms with Gasteiger partial charge in [0.2, 0.25) is 11.8 Å². The van der Waals surface area contributed by atoms with E-state index in [1.165, 1.54) is 20.5 Å². The van der Waals surface area contributed by atoms with Crippen molar-refractivity contribution in [3.05, 3.63) is 34.9 Å². The quantitative estimate of drug-likeness (QED) is 0.405. The highest BCUT2D eigenvalue weighted by Crippen LogP contribution is 2.61. The Morgan fingerprint density at radius 1 is 1.24 bits per heavy atom. The van der Waals surface area contributed by atoms with Crippen LogP contribution in [0.25, 0.3) is 0 Å². The van der Waals surface area contributed by atoms with Gasteiger partial charge >= 0.3 is 0 Å². The van der Waals surface area contributed by atoms with Crippen molar-refractivity contribution in [2.45, 2.75) is 70.8 Å².